The Morgan fingerprint density at radius 1 is 0.885 bits per heavy atom. The standard InChI is InChI=1S/C19H27N3O4/c23-16(1-2-17(24)22-3-5-26-6-4-22)20-21-18(25)19-10-13-7-14(11-19)9-15(8-13)12-19/h1-2,13-15H,3-12H2,(H,20,23)(H,21,25)/b2-1+. The summed E-state index contributed by atoms with van der Waals surface area (Å²) < 4.78 is 5.20. The number of nitrogens with one attached hydrogen (secondary N) is 2. The quantitative estimate of drug-likeness (QED) is 0.574. The predicted octanol–water partition coefficient (Wildman–Crippen LogP) is 0.765. The monoisotopic (exact) mass is 361 g/mol. The van der Waals surface area contributed by atoms with Crippen LogP contribution in [0.4, 0.5) is 0 Å². The van der Waals surface area contributed by atoms with Crippen LogP contribution in [-0.2, 0) is 19.1 Å². The SMILES string of the molecule is O=C(/C=C/C(=O)N1CCOCC1)NNC(=O)C12CC3CC(CC(C3)C1)C2. The Bertz CT molecular complexity index is 589. The zero-order valence-electron chi connectivity index (χ0n) is 15.0. The van der Waals surface area contributed by atoms with Gasteiger partial charge in [0, 0.05) is 25.2 Å². The second-order valence-electron chi connectivity index (χ2n) is 8.41. The van der Waals surface area contributed by atoms with E-state index in [0.717, 1.165) is 19.3 Å². The summed E-state index contributed by atoms with van der Waals surface area (Å²) in [5.41, 5.74) is 4.76. The summed E-state index contributed by atoms with van der Waals surface area (Å²) in [5, 5.41) is 0. The summed E-state index contributed by atoms with van der Waals surface area (Å²) in [7, 11) is 0. The average molecular weight is 361 g/mol. The van der Waals surface area contributed by atoms with Crippen LogP contribution in [0.15, 0.2) is 12.2 Å². The van der Waals surface area contributed by atoms with Gasteiger partial charge in [-0.1, -0.05) is 0 Å². The highest BCUT2D eigenvalue weighted by atomic mass is 16.5. The topological polar surface area (TPSA) is 87.7 Å². The minimum Gasteiger partial charge on any atom is -0.378 e. The molecule has 0 spiro atoms. The van der Waals surface area contributed by atoms with E-state index in [2.05, 4.69) is 10.9 Å². The molecule has 26 heavy (non-hydrogen) atoms. The number of amides is 3. The summed E-state index contributed by atoms with van der Waals surface area (Å²) in [6.45, 7) is 2.11. The number of hydrazine groups is 1. The summed E-state index contributed by atoms with van der Waals surface area (Å²) in [5.74, 6) is 1.27. The Kier molecular flexibility index (Phi) is 4.73. The van der Waals surface area contributed by atoms with Crippen molar-refractivity contribution in [3.63, 3.8) is 0 Å². The molecule has 1 heterocycles. The Morgan fingerprint density at radius 2 is 1.46 bits per heavy atom. The van der Waals surface area contributed by atoms with Crippen molar-refractivity contribution in [2.45, 2.75) is 38.5 Å². The minimum atomic E-state index is -0.482. The molecule has 0 atom stereocenters. The lowest BCUT2D eigenvalue weighted by Gasteiger charge is -2.55. The maximum absolute atomic E-state index is 12.7. The molecule has 5 rings (SSSR count). The highest BCUT2D eigenvalue weighted by Gasteiger charge is 2.54. The number of nitrogens with zero attached hydrogens (tertiary/aromatic N) is 1. The molecule has 0 aromatic rings. The van der Waals surface area contributed by atoms with E-state index in [-0.39, 0.29) is 17.2 Å². The number of hydrogen-bond acceptors (Lipinski definition) is 4. The van der Waals surface area contributed by atoms with Crippen LogP contribution < -0.4 is 10.9 Å². The minimum absolute atomic E-state index is 0.0575. The van der Waals surface area contributed by atoms with Crippen LogP contribution in [0.25, 0.3) is 0 Å². The third-order valence-electron chi connectivity index (χ3n) is 6.52. The molecule has 0 aromatic heterocycles. The van der Waals surface area contributed by atoms with Crippen LogP contribution >= 0.6 is 0 Å². The predicted molar refractivity (Wildman–Crippen MR) is 93.4 cm³/mol. The average Bonchev–Trinajstić information content (AvgIpc) is 2.63. The molecule has 5 fully saturated rings. The van der Waals surface area contributed by atoms with Crippen LogP contribution in [0.1, 0.15) is 38.5 Å². The van der Waals surface area contributed by atoms with Crippen LogP contribution in [0.3, 0.4) is 0 Å². The highest BCUT2D eigenvalue weighted by Crippen LogP contribution is 2.59. The van der Waals surface area contributed by atoms with Crippen molar-refractivity contribution in [1.82, 2.24) is 15.8 Å². The maximum atomic E-state index is 12.7. The molecule has 5 aliphatic rings. The molecule has 142 valence electrons. The van der Waals surface area contributed by atoms with Gasteiger partial charge < -0.3 is 9.64 Å². The van der Waals surface area contributed by atoms with Gasteiger partial charge in [-0.15, -0.1) is 0 Å². The molecule has 7 nitrogen and oxygen atoms in total. The first-order valence-electron chi connectivity index (χ1n) is 9.69. The normalized spacial score (nSPS) is 35.5. The van der Waals surface area contributed by atoms with Gasteiger partial charge in [0.25, 0.3) is 5.91 Å². The molecule has 7 heteroatoms. The second-order valence-corrected chi connectivity index (χ2v) is 8.41. The first kappa shape index (κ1) is 17.5. The van der Waals surface area contributed by atoms with E-state index >= 15 is 0 Å². The summed E-state index contributed by atoms with van der Waals surface area (Å²) in [4.78, 5) is 38.3. The fraction of sp³-hybridized carbons (Fsp3) is 0.737. The van der Waals surface area contributed by atoms with Crippen LogP contribution in [0, 0.1) is 23.2 Å². The Labute approximate surface area is 153 Å². The number of carbonyl (C=O) groups is 3. The molecule has 0 unspecified atom stereocenters. The molecule has 4 bridgehead atoms. The fourth-order valence-corrected chi connectivity index (χ4v) is 5.72. The van der Waals surface area contributed by atoms with E-state index in [1.54, 1.807) is 4.90 Å². The molecule has 3 amide bonds. The van der Waals surface area contributed by atoms with Gasteiger partial charge >= 0.3 is 0 Å². The van der Waals surface area contributed by atoms with Crippen molar-refractivity contribution >= 4 is 17.7 Å². The lowest BCUT2D eigenvalue weighted by molar-refractivity contribution is -0.148. The van der Waals surface area contributed by atoms with E-state index in [0.29, 0.717) is 44.1 Å². The van der Waals surface area contributed by atoms with Crippen molar-refractivity contribution in [2.75, 3.05) is 26.3 Å². The third-order valence-corrected chi connectivity index (χ3v) is 6.52. The second kappa shape index (κ2) is 7.02. The van der Waals surface area contributed by atoms with Gasteiger partial charge in [0.2, 0.25) is 11.8 Å². The van der Waals surface area contributed by atoms with E-state index < -0.39 is 5.91 Å². The van der Waals surface area contributed by atoms with Gasteiger partial charge in [0.1, 0.15) is 0 Å². The first-order valence-corrected chi connectivity index (χ1v) is 9.69. The van der Waals surface area contributed by atoms with E-state index in [1.807, 2.05) is 0 Å². The zero-order valence-corrected chi connectivity index (χ0v) is 15.0. The van der Waals surface area contributed by atoms with Gasteiger partial charge in [-0.25, -0.2) is 0 Å². The largest absolute Gasteiger partial charge is 0.378 e. The lowest BCUT2D eigenvalue weighted by atomic mass is 9.49. The van der Waals surface area contributed by atoms with Gasteiger partial charge in [0.05, 0.1) is 18.6 Å². The molecular weight excluding hydrogens is 334 g/mol. The molecule has 1 aliphatic heterocycles. The Balaban J connectivity index is 1.27. The summed E-state index contributed by atoms with van der Waals surface area (Å²) >= 11 is 0. The van der Waals surface area contributed by atoms with Gasteiger partial charge in [-0.05, 0) is 56.3 Å². The van der Waals surface area contributed by atoms with Crippen LogP contribution in [-0.4, -0.2) is 48.9 Å². The molecule has 1 saturated heterocycles. The van der Waals surface area contributed by atoms with Gasteiger partial charge in [-0.3, -0.25) is 25.2 Å². The van der Waals surface area contributed by atoms with Crippen molar-refractivity contribution < 1.29 is 19.1 Å². The number of morpholine rings is 1. The smallest absolute Gasteiger partial charge is 0.262 e. The van der Waals surface area contributed by atoms with Crippen molar-refractivity contribution in [3.8, 4) is 0 Å². The van der Waals surface area contributed by atoms with E-state index in [1.165, 1.54) is 31.4 Å². The van der Waals surface area contributed by atoms with Crippen LogP contribution in [0.2, 0.25) is 0 Å². The van der Waals surface area contributed by atoms with E-state index in [4.69, 9.17) is 4.74 Å². The fourth-order valence-electron chi connectivity index (χ4n) is 5.72. The van der Waals surface area contributed by atoms with Gasteiger partial charge in [-0.2, -0.15) is 0 Å². The number of rotatable bonds is 3. The molecular formula is C19H27N3O4. The summed E-state index contributed by atoms with van der Waals surface area (Å²) in [6.07, 6.45) is 9.08. The molecule has 0 radical (unpaired) electrons. The lowest BCUT2D eigenvalue weighted by Crippen LogP contribution is -2.56. The maximum Gasteiger partial charge on any atom is 0.262 e. The summed E-state index contributed by atoms with van der Waals surface area (Å²) in [6, 6.07) is 0. The van der Waals surface area contributed by atoms with Gasteiger partial charge in [0.15, 0.2) is 0 Å². The third kappa shape index (κ3) is 3.49. The molecule has 4 aliphatic carbocycles. The number of ether oxygens (including phenoxy) is 1. The van der Waals surface area contributed by atoms with Crippen molar-refractivity contribution in [1.29, 1.82) is 0 Å². The van der Waals surface area contributed by atoms with Crippen molar-refractivity contribution in [2.24, 2.45) is 23.2 Å². The Hall–Kier alpha value is -1.89. The molecule has 2 N–H and O–H groups in total. The number of carbonyl (C=O) groups excluding carboxylic acids is 3. The number of hydrogen-bond donors (Lipinski definition) is 2. The first-order chi connectivity index (χ1) is 12.5. The van der Waals surface area contributed by atoms with Crippen molar-refractivity contribution in [3.05, 3.63) is 12.2 Å². The highest BCUT2D eigenvalue weighted by molar-refractivity contribution is 5.97. The Morgan fingerprint density at radius 3 is 2.04 bits per heavy atom. The molecule has 4 saturated carbocycles. The zero-order chi connectivity index (χ0) is 18.1. The van der Waals surface area contributed by atoms with Crippen LogP contribution in [0.5, 0.6) is 0 Å². The molecule has 0 aromatic carbocycles. The van der Waals surface area contributed by atoms with E-state index in [9.17, 15) is 14.4 Å².